The van der Waals surface area contributed by atoms with Crippen molar-refractivity contribution in [2.75, 3.05) is 24.7 Å². The Morgan fingerprint density at radius 3 is 2.78 bits per heavy atom. The average Bonchev–Trinajstić information content (AvgIpc) is 2.28. The number of terminal acetylenes is 1. The van der Waals surface area contributed by atoms with Crippen LogP contribution in [0.5, 0.6) is 0 Å². The second-order valence-electron chi connectivity index (χ2n) is 3.66. The first-order valence-corrected chi connectivity index (χ1v) is 7.07. The van der Waals surface area contributed by atoms with Gasteiger partial charge in [-0.25, -0.2) is 8.42 Å². The molecule has 1 aromatic carbocycles. The Bertz CT molecular complexity index is 573. The molecule has 0 atom stereocenters. The summed E-state index contributed by atoms with van der Waals surface area (Å²) < 4.78 is 22.7. The zero-order valence-electron chi connectivity index (χ0n) is 9.93. The summed E-state index contributed by atoms with van der Waals surface area (Å²) in [5.41, 5.74) is 0.436. The maximum absolute atomic E-state index is 11.5. The second-order valence-corrected chi connectivity index (χ2v) is 5.67. The number of amides is 1. The van der Waals surface area contributed by atoms with Crippen LogP contribution >= 0.6 is 0 Å². The van der Waals surface area contributed by atoms with Gasteiger partial charge in [-0.15, -0.1) is 6.42 Å². The molecule has 5 nitrogen and oxygen atoms in total. The van der Waals surface area contributed by atoms with Crippen molar-refractivity contribution in [1.29, 1.82) is 0 Å². The Hall–Kier alpha value is -1.84. The number of hydrogen-bond donors (Lipinski definition) is 2. The first kappa shape index (κ1) is 14.2. The van der Waals surface area contributed by atoms with Crippen LogP contribution in [0.2, 0.25) is 0 Å². The van der Waals surface area contributed by atoms with Gasteiger partial charge < -0.3 is 5.32 Å². The molecule has 18 heavy (non-hydrogen) atoms. The van der Waals surface area contributed by atoms with Gasteiger partial charge in [0.25, 0.3) is 0 Å². The predicted octanol–water partition coefficient (Wildman–Crippen LogP) is 0.251. The number of rotatable bonds is 5. The largest absolute Gasteiger partial charge is 0.325 e. The molecule has 0 bridgehead atoms. The Kier molecular flexibility index (Phi) is 4.89. The van der Waals surface area contributed by atoms with Crippen LogP contribution in [0.25, 0.3) is 0 Å². The van der Waals surface area contributed by atoms with Gasteiger partial charge >= 0.3 is 0 Å². The molecule has 1 rings (SSSR count). The average molecular weight is 266 g/mol. The fourth-order valence-corrected chi connectivity index (χ4v) is 1.92. The number of benzene rings is 1. The molecule has 6 heteroatoms. The molecule has 0 spiro atoms. The molecule has 1 amide bonds. The molecule has 0 aliphatic rings. The lowest BCUT2D eigenvalue weighted by Gasteiger charge is -2.06. The molecule has 0 aliphatic heterocycles. The molecular weight excluding hydrogens is 252 g/mol. The third-order valence-corrected chi connectivity index (χ3v) is 3.17. The molecule has 1 aromatic rings. The minimum absolute atomic E-state index is 0.0767. The van der Waals surface area contributed by atoms with E-state index in [1.165, 1.54) is 12.1 Å². The van der Waals surface area contributed by atoms with Crippen molar-refractivity contribution in [2.24, 2.45) is 0 Å². The van der Waals surface area contributed by atoms with Gasteiger partial charge in [0.15, 0.2) is 9.84 Å². The minimum Gasteiger partial charge on any atom is -0.325 e. The molecule has 0 saturated heterocycles. The van der Waals surface area contributed by atoms with Crippen molar-refractivity contribution in [1.82, 2.24) is 5.32 Å². The smallest absolute Gasteiger partial charge is 0.238 e. The van der Waals surface area contributed by atoms with E-state index in [2.05, 4.69) is 16.6 Å². The van der Waals surface area contributed by atoms with E-state index >= 15 is 0 Å². The van der Waals surface area contributed by atoms with Crippen LogP contribution in [0.1, 0.15) is 0 Å². The molecule has 0 unspecified atom stereocenters. The Labute approximate surface area is 107 Å². The van der Waals surface area contributed by atoms with E-state index in [1.54, 1.807) is 12.1 Å². The zero-order chi connectivity index (χ0) is 13.6. The van der Waals surface area contributed by atoms with Gasteiger partial charge in [-0.05, 0) is 18.2 Å². The lowest BCUT2D eigenvalue weighted by molar-refractivity contribution is -0.115. The van der Waals surface area contributed by atoms with Crippen molar-refractivity contribution in [3.63, 3.8) is 0 Å². The highest BCUT2D eigenvalue weighted by Crippen LogP contribution is 2.14. The molecule has 0 aromatic heterocycles. The molecule has 0 saturated carbocycles. The predicted molar refractivity (Wildman–Crippen MR) is 69.9 cm³/mol. The van der Waals surface area contributed by atoms with Gasteiger partial charge in [-0.2, -0.15) is 0 Å². The Balaban J connectivity index is 2.69. The highest BCUT2D eigenvalue weighted by atomic mass is 32.2. The van der Waals surface area contributed by atoms with Crippen LogP contribution in [-0.2, 0) is 14.6 Å². The highest BCUT2D eigenvalue weighted by molar-refractivity contribution is 7.90. The fourth-order valence-electron chi connectivity index (χ4n) is 1.26. The van der Waals surface area contributed by atoms with Crippen LogP contribution in [0, 0.1) is 12.3 Å². The third kappa shape index (κ3) is 4.57. The van der Waals surface area contributed by atoms with E-state index in [4.69, 9.17) is 6.42 Å². The van der Waals surface area contributed by atoms with Crippen molar-refractivity contribution in [3.8, 4) is 12.3 Å². The summed E-state index contributed by atoms with van der Waals surface area (Å²) in [6, 6.07) is 6.07. The summed E-state index contributed by atoms with van der Waals surface area (Å²) in [6.45, 7) is 0.379. The Morgan fingerprint density at radius 1 is 1.44 bits per heavy atom. The molecule has 0 aliphatic carbocycles. The van der Waals surface area contributed by atoms with Crippen LogP contribution in [0.3, 0.4) is 0 Å². The number of carbonyl (C=O) groups is 1. The van der Waals surface area contributed by atoms with Crippen molar-refractivity contribution >= 4 is 21.4 Å². The van der Waals surface area contributed by atoms with E-state index in [9.17, 15) is 13.2 Å². The monoisotopic (exact) mass is 266 g/mol. The summed E-state index contributed by atoms with van der Waals surface area (Å²) in [4.78, 5) is 11.6. The SMILES string of the molecule is C#CCNCC(=O)Nc1cccc(S(C)(=O)=O)c1. The number of carbonyl (C=O) groups excluding carboxylic acids is 1. The summed E-state index contributed by atoms with van der Waals surface area (Å²) in [5, 5.41) is 5.31. The minimum atomic E-state index is -3.28. The molecule has 96 valence electrons. The first-order valence-electron chi connectivity index (χ1n) is 5.17. The normalized spacial score (nSPS) is 10.7. The van der Waals surface area contributed by atoms with Crippen molar-refractivity contribution in [2.45, 2.75) is 4.90 Å². The van der Waals surface area contributed by atoms with Crippen LogP contribution < -0.4 is 10.6 Å². The molecule has 0 fully saturated rings. The standard InChI is InChI=1S/C12H14N2O3S/c1-3-7-13-9-12(15)14-10-5-4-6-11(8-10)18(2,16)17/h1,4-6,8,13H,7,9H2,2H3,(H,14,15). The van der Waals surface area contributed by atoms with Gasteiger partial charge in [0, 0.05) is 11.9 Å². The lowest BCUT2D eigenvalue weighted by Crippen LogP contribution is -2.28. The van der Waals surface area contributed by atoms with E-state index < -0.39 is 9.84 Å². The number of sulfone groups is 1. The topological polar surface area (TPSA) is 75.3 Å². The van der Waals surface area contributed by atoms with Crippen LogP contribution in [0.15, 0.2) is 29.2 Å². The van der Waals surface area contributed by atoms with Crippen LogP contribution in [-0.4, -0.2) is 33.7 Å². The highest BCUT2D eigenvalue weighted by Gasteiger charge is 2.08. The first-order chi connectivity index (χ1) is 8.43. The van der Waals surface area contributed by atoms with Crippen molar-refractivity contribution < 1.29 is 13.2 Å². The van der Waals surface area contributed by atoms with Gasteiger partial charge in [0.1, 0.15) is 0 Å². The van der Waals surface area contributed by atoms with Gasteiger partial charge in [0.2, 0.25) is 5.91 Å². The Morgan fingerprint density at radius 2 is 2.17 bits per heavy atom. The quantitative estimate of drug-likeness (QED) is 0.592. The number of nitrogens with one attached hydrogen (secondary N) is 2. The zero-order valence-corrected chi connectivity index (χ0v) is 10.8. The van der Waals surface area contributed by atoms with E-state index in [0.29, 0.717) is 12.2 Å². The van der Waals surface area contributed by atoms with Crippen molar-refractivity contribution in [3.05, 3.63) is 24.3 Å². The molecule has 0 radical (unpaired) electrons. The second kappa shape index (κ2) is 6.19. The summed E-state index contributed by atoms with van der Waals surface area (Å²) >= 11 is 0. The summed E-state index contributed by atoms with van der Waals surface area (Å²) in [6.07, 6.45) is 6.14. The summed E-state index contributed by atoms with van der Waals surface area (Å²) in [5.74, 6) is 2.06. The molecular formula is C12H14N2O3S. The number of hydrogen-bond acceptors (Lipinski definition) is 4. The van der Waals surface area contributed by atoms with E-state index in [-0.39, 0.29) is 17.3 Å². The van der Waals surface area contributed by atoms with Gasteiger partial charge in [-0.1, -0.05) is 12.0 Å². The lowest BCUT2D eigenvalue weighted by atomic mass is 10.3. The van der Waals surface area contributed by atoms with Crippen LogP contribution in [0.4, 0.5) is 5.69 Å². The maximum atomic E-state index is 11.5. The van der Waals surface area contributed by atoms with E-state index in [0.717, 1.165) is 6.26 Å². The van der Waals surface area contributed by atoms with Gasteiger partial charge in [-0.3, -0.25) is 10.1 Å². The number of anilines is 1. The maximum Gasteiger partial charge on any atom is 0.238 e. The van der Waals surface area contributed by atoms with Gasteiger partial charge in [0.05, 0.1) is 18.0 Å². The third-order valence-electron chi connectivity index (χ3n) is 2.06. The summed E-state index contributed by atoms with van der Waals surface area (Å²) in [7, 11) is -3.28. The fraction of sp³-hybridized carbons (Fsp3) is 0.250. The molecule has 2 N–H and O–H groups in total. The molecule has 0 heterocycles. The van der Waals surface area contributed by atoms with E-state index in [1.807, 2.05) is 0 Å².